The largest absolute Gasteiger partial charge is 0.397 e. The number of para-hydroxylation sites is 5. The Balaban J connectivity index is 0.000000202. The minimum Gasteiger partial charge on any atom is -0.397 e. The van der Waals surface area contributed by atoms with Gasteiger partial charge in [-0.25, -0.2) is 0 Å². The van der Waals surface area contributed by atoms with Crippen LogP contribution in [0.3, 0.4) is 0 Å². The molecule has 1 aliphatic rings. The number of H-pyrrole nitrogens is 2. The van der Waals surface area contributed by atoms with Crippen LogP contribution in [0.25, 0.3) is 126 Å². The van der Waals surface area contributed by atoms with Gasteiger partial charge < -0.3 is 30.4 Å². The monoisotopic (exact) mass is 2040 g/mol. The van der Waals surface area contributed by atoms with E-state index in [0.29, 0.717) is 0 Å². The lowest BCUT2D eigenvalue weighted by Gasteiger charge is -2.17. The molecule has 0 saturated heterocycles. The number of anilines is 3. The van der Waals surface area contributed by atoms with Crippen molar-refractivity contribution in [1.82, 2.24) is 14.5 Å². The van der Waals surface area contributed by atoms with Gasteiger partial charge in [0.15, 0.2) is 0 Å². The second-order valence-electron chi connectivity index (χ2n) is 27.1. The number of hydrogen-bond donors (Lipinski definition) is 6. The first kappa shape index (κ1) is 93.9. The summed E-state index contributed by atoms with van der Waals surface area (Å²) < 4.78 is 33.6. The molecule has 0 spiro atoms. The number of aromatic nitrogens is 3. The number of aliphatic hydroxyl groups excluding tert-OH is 1. The minimum absolute atomic E-state index is 0. The molecule has 622 valence electrons. The van der Waals surface area contributed by atoms with E-state index in [9.17, 15) is 4.39 Å². The van der Waals surface area contributed by atoms with E-state index in [2.05, 4.69) is 409 Å². The van der Waals surface area contributed by atoms with E-state index in [-0.39, 0.29) is 53.7 Å². The van der Waals surface area contributed by atoms with Crippen LogP contribution in [-0.2, 0) is 12.8 Å². The lowest BCUT2D eigenvalue weighted by Crippen LogP contribution is -2.05. The van der Waals surface area contributed by atoms with Crippen molar-refractivity contribution in [3.05, 3.63) is 426 Å². The number of nitrogens with zero attached hydrogens (tertiary/aromatic N) is 1. The zero-order chi connectivity index (χ0) is 84.1. The molecule has 0 amide bonds. The molecule has 16 heteroatoms. The Hall–Kier alpha value is -10.4. The van der Waals surface area contributed by atoms with Crippen molar-refractivity contribution in [3.63, 3.8) is 0 Å². The van der Waals surface area contributed by atoms with Crippen LogP contribution < -0.4 is 16.6 Å². The van der Waals surface area contributed by atoms with Crippen LogP contribution in [-0.4, -0.2) is 33.4 Å². The summed E-state index contributed by atoms with van der Waals surface area (Å²) in [5.41, 5.74) is 23.5. The molecular formula is C106H99Br4Cl3FIN6O. The van der Waals surface area contributed by atoms with Gasteiger partial charge in [0.05, 0.1) is 19.6 Å². The summed E-state index contributed by atoms with van der Waals surface area (Å²) in [5.74, 6) is 5.10. The number of alkyl halides is 1. The summed E-state index contributed by atoms with van der Waals surface area (Å²) in [6.45, 7) is 1.93. The van der Waals surface area contributed by atoms with Crippen LogP contribution in [0, 0.1) is 3.57 Å². The van der Waals surface area contributed by atoms with Gasteiger partial charge in [0.2, 0.25) is 0 Å². The summed E-state index contributed by atoms with van der Waals surface area (Å²) in [5, 5.41) is 25.9. The van der Waals surface area contributed by atoms with E-state index in [1.807, 2.05) is 91.0 Å². The van der Waals surface area contributed by atoms with Crippen LogP contribution in [0.1, 0.15) is 44.8 Å². The van der Waals surface area contributed by atoms with Gasteiger partial charge in [-0.05, 0) is 260 Å². The molecule has 1 aliphatic carbocycles. The smallest absolute Gasteiger partial charge is 0.0785 e. The number of fused-ring (bicyclic) bond motifs is 16. The molecule has 3 aromatic heterocycles. The molecule has 0 atom stereocenters. The number of nitrogens with one attached hydrogen (secondary N) is 4. The summed E-state index contributed by atoms with van der Waals surface area (Å²) >= 11 is 22.2. The van der Waals surface area contributed by atoms with Crippen molar-refractivity contribution < 1.29 is 13.8 Å². The number of aromatic amines is 2. The Morgan fingerprint density at radius 3 is 1.39 bits per heavy atom. The highest BCUT2D eigenvalue weighted by molar-refractivity contribution is 14.1. The van der Waals surface area contributed by atoms with Crippen LogP contribution in [0.5, 0.6) is 0 Å². The summed E-state index contributed by atoms with van der Waals surface area (Å²) in [4.78, 5) is 7.03. The molecule has 21 rings (SSSR count). The van der Waals surface area contributed by atoms with Gasteiger partial charge in [-0.3, -0.25) is 10.2 Å². The average molecular weight is 2050 g/mol. The first-order valence-corrected chi connectivity index (χ1v) is 42.7. The van der Waals surface area contributed by atoms with Crippen LogP contribution in [0.2, 0.25) is 5.02 Å². The lowest BCUT2D eigenvalue weighted by molar-refractivity contribution is 0.318. The van der Waals surface area contributed by atoms with Crippen LogP contribution in [0.15, 0.2) is 406 Å². The standard InChI is InChI=1S/C24H19N.C22H14BrN.C16H12BrN.C16H10BrN.C10H6BrCl.C6H5I.C6H8N2.C2H6O.CH3F.3CH4.2ClH.H2/c1-3-7-19(8-4-1)21-11-15-23(16-12-21)25-24-17-13-22(14-18-24)20-9-5-2-6-10-20;23-16-11-12-18-15(14-16)10-13-21-22(18)19-8-4-5-9-20(19)24(21)17-6-2-1-3-7-17;2*17-11-6-7-12-10(9-11)5-8-15-16(12)13-3-1-2-4-14(13)18-15;11-9-3-1-8-6-10(12)4-2-7(8)5-9;7-6-4-2-1-3-5-6;7-8-6-4-2-1-3-5-6;1-2-3;1-2;;;;;;/h1-18,25H;1-14H;1-4,6-7,9,18H,5,8H2;1-9,18H;1-6H;1-5H;1-5,8H,7H2;3H,2H2,1H3;1H3;3*1H4;3*1H/i;;;;;;;;1D;;;;;;1+1D. The quantitative estimate of drug-likeness (QED) is 0.0567. The minimum atomic E-state index is -1.00. The van der Waals surface area contributed by atoms with E-state index in [1.165, 1.54) is 145 Å². The second kappa shape index (κ2) is 48.5. The molecule has 0 fully saturated rings. The zero-order valence-electron chi connectivity index (χ0n) is 67.7. The molecule has 20 aromatic rings. The van der Waals surface area contributed by atoms with Crippen LogP contribution >= 0.6 is 123 Å². The van der Waals surface area contributed by atoms with Crippen molar-refractivity contribution in [2.24, 2.45) is 5.84 Å². The third kappa shape index (κ3) is 24.7. The van der Waals surface area contributed by atoms with Gasteiger partial charge in [0, 0.05) is 114 Å². The molecule has 3 heterocycles. The molecule has 0 radical (unpaired) electrons. The topological polar surface area (TPSA) is 107 Å². The number of hydrazine groups is 1. The Labute approximate surface area is 785 Å². The van der Waals surface area contributed by atoms with Gasteiger partial charge >= 0.3 is 0 Å². The van der Waals surface area contributed by atoms with Gasteiger partial charge in [0.1, 0.15) is 0 Å². The van der Waals surface area contributed by atoms with Crippen molar-refractivity contribution >= 4 is 227 Å². The highest BCUT2D eigenvalue weighted by Gasteiger charge is 2.21. The molecule has 17 aromatic carbocycles. The Morgan fingerprint density at radius 2 is 0.844 bits per heavy atom. The van der Waals surface area contributed by atoms with Crippen molar-refractivity contribution in [2.45, 2.75) is 42.0 Å². The van der Waals surface area contributed by atoms with Gasteiger partial charge in [-0.15, -0.1) is 24.8 Å². The first-order chi connectivity index (χ1) is 58.8. The fourth-order valence-electron chi connectivity index (χ4n) is 14.3. The molecular weight excluding hydrogens is 1950 g/mol. The van der Waals surface area contributed by atoms with E-state index in [4.69, 9.17) is 26.9 Å². The van der Waals surface area contributed by atoms with E-state index in [0.717, 1.165) is 48.3 Å². The fraction of sp³-hybridized carbons (Fsp3) is 0.0755. The summed E-state index contributed by atoms with van der Waals surface area (Å²) in [6.07, 6.45) is 2.22. The maximum atomic E-state index is 9.96. The number of benzene rings is 17. The summed E-state index contributed by atoms with van der Waals surface area (Å²) in [7, 11) is -1.00. The molecule has 0 saturated carbocycles. The SMILES string of the molecule is Brc1ccc2c(c1)CCc1[nH]c3ccccc3c1-2.Brc1ccc2c(ccc3[nH]c4ccccc4c32)c1.Brc1ccc2c(ccc3c2c2ccccc2n3-c2ccccc2)c1.C.C.C.CCO.Cl.Cl.Clc1ccc2cc(Br)ccc2c1.Ic1ccccc1.NNc1ccccc1.[2H]CF.[2H][2H].c1ccc(-c2ccc(Nc3ccc(-c4ccccc4)cc3)cc2)cc1. The first-order valence-electron chi connectivity index (χ1n) is 39.7. The number of nitrogens with two attached hydrogens (primary N) is 1. The molecule has 7 N–H and O–H groups in total. The molecule has 122 heavy (non-hydrogen) atoms. The number of aryl methyl sites for hydroxylation is 2. The van der Waals surface area contributed by atoms with Crippen molar-refractivity contribution in [1.29, 1.82) is 0 Å². The van der Waals surface area contributed by atoms with Crippen molar-refractivity contribution in [2.75, 3.05) is 24.5 Å². The second-order valence-corrected chi connectivity index (χ2v) is 32.5. The van der Waals surface area contributed by atoms with E-state index < -0.39 is 7.15 Å². The maximum Gasteiger partial charge on any atom is 0.0785 e. The Morgan fingerprint density at radius 1 is 0.426 bits per heavy atom. The van der Waals surface area contributed by atoms with Crippen molar-refractivity contribution in [3.8, 4) is 39.1 Å². The lowest BCUT2D eigenvalue weighted by atomic mass is 9.88. The number of rotatable bonds is 6. The fourth-order valence-corrected chi connectivity index (χ4v) is 16.4. The normalized spacial score (nSPS) is 10.6. The van der Waals surface area contributed by atoms with Gasteiger partial charge in [-0.1, -0.05) is 334 Å². The molecule has 0 bridgehead atoms. The zero-order valence-corrected chi connectivity index (χ0v) is 75.6. The number of aliphatic hydroxyl groups is 1. The number of halogens is 9. The Bertz CT molecular complexity index is 6550. The van der Waals surface area contributed by atoms with Gasteiger partial charge in [0.25, 0.3) is 0 Å². The number of nitrogen functional groups attached to an aromatic ring is 1. The molecule has 0 unspecified atom stereocenters. The summed E-state index contributed by atoms with van der Waals surface area (Å²) in [6, 6.07) is 134. The number of hydrogen-bond acceptors (Lipinski definition) is 4. The van der Waals surface area contributed by atoms with Crippen LogP contribution in [0.4, 0.5) is 21.5 Å². The predicted octanol–water partition coefficient (Wildman–Crippen LogP) is 34.5. The third-order valence-electron chi connectivity index (χ3n) is 19.6. The molecule has 7 nitrogen and oxygen atoms in total. The highest BCUT2D eigenvalue weighted by Crippen LogP contribution is 2.42. The predicted molar refractivity (Wildman–Crippen MR) is 560 cm³/mol. The van der Waals surface area contributed by atoms with E-state index >= 15 is 0 Å². The van der Waals surface area contributed by atoms with E-state index in [1.54, 1.807) is 6.92 Å². The molecule has 0 aliphatic heterocycles. The highest BCUT2D eigenvalue weighted by atomic mass is 127. The third-order valence-corrected chi connectivity index (χ3v) is 22.5. The Kier molecular flexibility index (Phi) is 37.3. The average Bonchev–Trinajstić information content (AvgIpc) is 1.62. The van der Waals surface area contributed by atoms with Gasteiger partial charge in [-0.2, -0.15) is 0 Å². The maximum absolute atomic E-state index is 9.96.